The molecular formula is C12H20BrN3. The topological polar surface area (TPSA) is 21.1 Å². The molecule has 1 aromatic rings. The molecule has 90 valence electrons. The molecule has 16 heavy (non-hydrogen) atoms. The lowest BCUT2D eigenvalue weighted by atomic mass is 10.1. The second kappa shape index (κ2) is 4.40. The second-order valence-corrected chi connectivity index (χ2v) is 5.39. The molecule has 0 radical (unpaired) electrons. The lowest BCUT2D eigenvalue weighted by Gasteiger charge is -2.27. The fourth-order valence-electron chi connectivity index (χ4n) is 2.38. The maximum absolute atomic E-state index is 4.51. The van der Waals surface area contributed by atoms with Crippen molar-refractivity contribution in [1.29, 1.82) is 0 Å². The highest BCUT2D eigenvalue weighted by Crippen LogP contribution is 2.37. The molecule has 1 heterocycles. The molecule has 0 saturated heterocycles. The van der Waals surface area contributed by atoms with E-state index in [4.69, 9.17) is 0 Å². The molecule has 0 aromatic carbocycles. The molecule has 1 fully saturated rings. The van der Waals surface area contributed by atoms with E-state index < -0.39 is 0 Å². The number of nitrogens with zero attached hydrogens (tertiary/aromatic N) is 3. The summed E-state index contributed by atoms with van der Waals surface area (Å²) in [6, 6.07) is 0.618. The highest BCUT2D eigenvalue weighted by Gasteiger charge is 2.32. The van der Waals surface area contributed by atoms with E-state index in [1.807, 2.05) is 11.7 Å². The number of alkyl halides is 1. The van der Waals surface area contributed by atoms with Gasteiger partial charge in [-0.1, -0.05) is 15.9 Å². The average Bonchev–Trinajstić information content (AvgIpc) is 3.03. The van der Waals surface area contributed by atoms with Crippen LogP contribution in [0.1, 0.15) is 31.0 Å². The summed E-state index contributed by atoms with van der Waals surface area (Å²) < 4.78 is 2.00. The minimum Gasteiger partial charge on any atom is -0.357 e. The Labute approximate surface area is 106 Å². The van der Waals surface area contributed by atoms with E-state index in [1.54, 1.807) is 0 Å². The van der Waals surface area contributed by atoms with Crippen molar-refractivity contribution in [2.75, 3.05) is 11.9 Å². The first kappa shape index (κ1) is 12.0. The van der Waals surface area contributed by atoms with E-state index in [-0.39, 0.29) is 0 Å². The molecule has 0 N–H and O–H groups in total. The Morgan fingerprint density at radius 2 is 2.19 bits per heavy atom. The summed E-state index contributed by atoms with van der Waals surface area (Å²) in [6.07, 6.45) is 2.76. The molecular weight excluding hydrogens is 266 g/mol. The monoisotopic (exact) mass is 285 g/mol. The van der Waals surface area contributed by atoms with Gasteiger partial charge in [-0.2, -0.15) is 5.10 Å². The average molecular weight is 286 g/mol. The van der Waals surface area contributed by atoms with Crippen LogP contribution < -0.4 is 4.90 Å². The maximum Gasteiger partial charge on any atom is 0.130 e. The molecule has 0 aliphatic heterocycles. The van der Waals surface area contributed by atoms with Gasteiger partial charge in [0.2, 0.25) is 0 Å². The van der Waals surface area contributed by atoms with Crippen LogP contribution in [0.3, 0.4) is 0 Å². The van der Waals surface area contributed by atoms with Gasteiger partial charge in [-0.25, -0.2) is 0 Å². The first-order valence-corrected chi connectivity index (χ1v) is 6.99. The van der Waals surface area contributed by atoms with Gasteiger partial charge in [0, 0.05) is 31.0 Å². The lowest BCUT2D eigenvalue weighted by Crippen LogP contribution is -2.32. The Bertz CT molecular complexity index is 382. The molecule has 0 amide bonds. The SMILES string of the molecule is Cc1nn(C)c(N(C)C(C)C2CC2)c1CBr. The third-order valence-electron chi connectivity index (χ3n) is 3.70. The third kappa shape index (κ3) is 1.99. The summed E-state index contributed by atoms with van der Waals surface area (Å²) in [5.41, 5.74) is 2.45. The highest BCUT2D eigenvalue weighted by molar-refractivity contribution is 9.08. The molecule has 0 bridgehead atoms. The Morgan fingerprint density at radius 1 is 1.56 bits per heavy atom. The molecule has 1 aliphatic carbocycles. The molecule has 0 spiro atoms. The zero-order valence-electron chi connectivity index (χ0n) is 10.5. The largest absolute Gasteiger partial charge is 0.357 e. The van der Waals surface area contributed by atoms with Crippen LogP contribution in [0, 0.1) is 12.8 Å². The fraction of sp³-hybridized carbons (Fsp3) is 0.750. The van der Waals surface area contributed by atoms with Crippen molar-refractivity contribution in [2.24, 2.45) is 13.0 Å². The van der Waals surface area contributed by atoms with Crippen LogP contribution >= 0.6 is 15.9 Å². The van der Waals surface area contributed by atoms with Crippen LogP contribution in [-0.2, 0) is 12.4 Å². The van der Waals surface area contributed by atoms with Crippen LogP contribution in [0.2, 0.25) is 0 Å². The summed E-state index contributed by atoms with van der Waals surface area (Å²) in [6.45, 7) is 4.40. The van der Waals surface area contributed by atoms with Gasteiger partial charge < -0.3 is 4.90 Å². The van der Waals surface area contributed by atoms with Crippen molar-refractivity contribution in [2.45, 2.75) is 38.1 Å². The van der Waals surface area contributed by atoms with E-state index in [1.165, 1.54) is 24.2 Å². The van der Waals surface area contributed by atoms with Gasteiger partial charge in [0.05, 0.1) is 5.69 Å². The predicted molar refractivity (Wildman–Crippen MR) is 71.2 cm³/mol. The van der Waals surface area contributed by atoms with Gasteiger partial charge in [-0.3, -0.25) is 4.68 Å². The van der Waals surface area contributed by atoms with Gasteiger partial charge in [-0.05, 0) is 32.6 Å². The second-order valence-electron chi connectivity index (χ2n) is 4.83. The zero-order valence-corrected chi connectivity index (χ0v) is 12.1. The van der Waals surface area contributed by atoms with E-state index in [2.05, 4.69) is 46.8 Å². The van der Waals surface area contributed by atoms with Crippen molar-refractivity contribution in [3.05, 3.63) is 11.3 Å². The Hall–Kier alpha value is -0.510. The van der Waals surface area contributed by atoms with E-state index in [0.29, 0.717) is 6.04 Å². The molecule has 1 atom stereocenters. The molecule has 3 nitrogen and oxygen atoms in total. The van der Waals surface area contributed by atoms with Crippen LogP contribution in [0.5, 0.6) is 0 Å². The number of anilines is 1. The summed E-state index contributed by atoms with van der Waals surface area (Å²) in [5.74, 6) is 2.14. The number of hydrogen-bond acceptors (Lipinski definition) is 2. The minimum absolute atomic E-state index is 0.618. The van der Waals surface area contributed by atoms with Crippen LogP contribution in [0.25, 0.3) is 0 Å². The number of halogens is 1. The van der Waals surface area contributed by atoms with Crippen LogP contribution in [-0.4, -0.2) is 22.9 Å². The van der Waals surface area contributed by atoms with E-state index in [0.717, 1.165) is 16.9 Å². The van der Waals surface area contributed by atoms with Gasteiger partial charge in [0.15, 0.2) is 0 Å². The fourth-order valence-corrected chi connectivity index (χ4v) is 3.03. The number of hydrogen-bond donors (Lipinski definition) is 0. The molecule has 4 heteroatoms. The summed E-state index contributed by atoms with van der Waals surface area (Å²) in [4.78, 5) is 2.38. The van der Waals surface area contributed by atoms with Crippen molar-refractivity contribution in [3.63, 3.8) is 0 Å². The first-order chi connectivity index (χ1) is 7.56. The Morgan fingerprint density at radius 3 is 2.69 bits per heavy atom. The van der Waals surface area contributed by atoms with Crippen LogP contribution in [0.4, 0.5) is 5.82 Å². The number of rotatable bonds is 4. The van der Waals surface area contributed by atoms with Crippen molar-refractivity contribution >= 4 is 21.7 Å². The van der Waals surface area contributed by atoms with Crippen molar-refractivity contribution in [1.82, 2.24) is 9.78 Å². The smallest absolute Gasteiger partial charge is 0.130 e. The first-order valence-electron chi connectivity index (χ1n) is 5.87. The molecule has 1 unspecified atom stereocenters. The summed E-state index contributed by atoms with van der Waals surface area (Å²) in [7, 11) is 4.22. The molecule has 1 saturated carbocycles. The van der Waals surface area contributed by atoms with Crippen molar-refractivity contribution < 1.29 is 0 Å². The van der Waals surface area contributed by atoms with Gasteiger partial charge in [-0.15, -0.1) is 0 Å². The normalized spacial score (nSPS) is 17.6. The third-order valence-corrected chi connectivity index (χ3v) is 4.26. The summed E-state index contributed by atoms with van der Waals surface area (Å²) >= 11 is 3.56. The van der Waals surface area contributed by atoms with Gasteiger partial charge >= 0.3 is 0 Å². The minimum atomic E-state index is 0.618. The predicted octanol–water partition coefficient (Wildman–Crippen LogP) is 2.86. The standard InChI is InChI=1S/C12H20BrN3/c1-8-11(7-13)12(16(4)14-8)15(3)9(2)10-5-6-10/h9-10H,5-7H2,1-4H3. The Kier molecular flexibility index (Phi) is 3.29. The molecule has 2 rings (SSSR count). The number of aryl methyl sites for hydroxylation is 2. The van der Waals surface area contributed by atoms with E-state index in [9.17, 15) is 0 Å². The van der Waals surface area contributed by atoms with E-state index >= 15 is 0 Å². The number of aromatic nitrogens is 2. The highest BCUT2D eigenvalue weighted by atomic mass is 79.9. The molecule has 1 aliphatic rings. The van der Waals surface area contributed by atoms with Crippen LogP contribution in [0.15, 0.2) is 0 Å². The van der Waals surface area contributed by atoms with Crippen molar-refractivity contribution in [3.8, 4) is 0 Å². The molecule has 1 aromatic heterocycles. The summed E-state index contributed by atoms with van der Waals surface area (Å²) in [5, 5.41) is 5.39. The maximum atomic E-state index is 4.51. The zero-order chi connectivity index (χ0) is 11.9. The van der Waals surface area contributed by atoms with Gasteiger partial charge in [0.25, 0.3) is 0 Å². The Balaban J connectivity index is 2.30. The lowest BCUT2D eigenvalue weighted by molar-refractivity contribution is 0.586. The quantitative estimate of drug-likeness (QED) is 0.794. The van der Waals surface area contributed by atoms with Gasteiger partial charge in [0.1, 0.15) is 5.82 Å².